The molecule has 0 amide bonds. The van der Waals surface area contributed by atoms with Crippen molar-refractivity contribution in [2.75, 3.05) is 13.2 Å². The summed E-state index contributed by atoms with van der Waals surface area (Å²) >= 11 is 0. The highest BCUT2D eigenvalue weighted by Crippen LogP contribution is 2.21. The first kappa shape index (κ1) is 45.1. The minimum absolute atomic E-state index is 0.104. The number of hydrogen-bond acceptors (Lipinski definition) is 8. The summed E-state index contributed by atoms with van der Waals surface area (Å²) in [5, 5.41) is 23.3. The van der Waals surface area contributed by atoms with Gasteiger partial charge in [0.2, 0.25) is 0 Å². The molecular weight excluding hydrogens is 632 g/mol. The van der Waals surface area contributed by atoms with Gasteiger partial charge >= 0.3 is 11.9 Å². The van der Waals surface area contributed by atoms with Gasteiger partial charge < -0.3 is 29.3 Å². The largest absolute Gasteiger partial charge is 0.545 e. The lowest BCUT2D eigenvalue weighted by molar-refractivity contribution is -0.259. The van der Waals surface area contributed by atoms with E-state index in [0.717, 1.165) is 50.7 Å². The highest BCUT2D eigenvalue weighted by atomic mass is 16.5. The first-order valence-corrected chi connectivity index (χ1v) is 20.3. The Labute approximate surface area is 303 Å². The van der Waals surface area contributed by atoms with E-state index in [-0.39, 0.29) is 24.3 Å². The van der Waals surface area contributed by atoms with E-state index in [0.29, 0.717) is 12.8 Å². The lowest BCUT2D eigenvalue weighted by Gasteiger charge is -2.17. The van der Waals surface area contributed by atoms with Gasteiger partial charge in [-0.25, -0.2) is 9.59 Å². The summed E-state index contributed by atoms with van der Waals surface area (Å²) in [7, 11) is 0. The first-order valence-electron chi connectivity index (χ1n) is 20.3. The fourth-order valence-corrected chi connectivity index (χ4v) is 6.35. The molecule has 0 radical (unpaired) electrons. The maximum Gasteiger partial charge on any atom is 0.339 e. The van der Waals surface area contributed by atoms with E-state index in [1.807, 2.05) is 0 Å². The molecule has 50 heavy (non-hydrogen) atoms. The van der Waals surface area contributed by atoms with Crippen LogP contribution in [0.25, 0.3) is 0 Å². The van der Waals surface area contributed by atoms with Gasteiger partial charge in [0.25, 0.3) is 0 Å². The van der Waals surface area contributed by atoms with Crippen molar-refractivity contribution in [2.45, 2.75) is 194 Å². The summed E-state index contributed by atoms with van der Waals surface area (Å²) in [5.74, 6) is -5.41. The minimum Gasteiger partial charge on any atom is -0.545 e. The average molecular weight is 701 g/mol. The van der Waals surface area contributed by atoms with Crippen molar-refractivity contribution in [1.82, 2.24) is 0 Å². The molecule has 0 heterocycles. The van der Waals surface area contributed by atoms with Gasteiger partial charge in [-0.3, -0.25) is 0 Å². The number of benzene rings is 1. The van der Waals surface area contributed by atoms with Crippen LogP contribution in [-0.2, 0) is 9.47 Å². The molecule has 0 aromatic heterocycles. The molecule has 0 aliphatic carbocycles. The lowest BCUT2D eigenvalue weighted by atomic mass is 9.98. The van der Waals surface area contributed by atoms with Crippen LogP contribution in [0.15, 0.2) is 12.1 Å². The number of aromatic carboxylic acids is 2. The Morgan fingerprint density at radius 2 is 0.600 bits per heavy atom. The SMILES string of the molecule is CCCCCCCCCCCCCCCCOC(=O)c1cc(C(=O)[O-])c(C(=O)[O-])cc1C(=O)OCCCCCCCCCCCCCCCC. The topological polar surface area (TPSA) is 133 Å². The van der Waals surface area contributed by atoms with Gasteiger partial charge in [0, 0.05) is 11.1 Å². The van der Waals surface area contributed by atoms with Crippen molar-refractivity contribution in [3.8, 4) is 0 Å². The standard InChI is InChI=1S/C42H70O8/c1-3-5-7-9-11-13-15-17-19-21-23-25-27-29-31-49-41(47)37-33-35(39(43)44)36(40(45)46)34-38(37)42(48)50-32-30-28-26-24-22-20-18-16-14-12-10-8-6-4-2/h33-34H,3-32H2,1-2H3,(H,43,44)(H,45,46)/p-2. The summed E-state index contributed by atoms with van der Waals surface area (Å²) in [6.07, 6.45) is 33.4. The number of carboxylic acid groups (broad SMARTS) is 2. The Hall–Kier alpha value is -2.90. The van der Waals surface area contributed by atoms with Crippen LogP contribution >= 0.6 is 0 Å². The van der Waals surface area contributed by atoms with Gasteiger partial charge in [0.15, 0.2) is 0 Å². The molecule has 0 spiro atoms. The van der Waals surface area contributed by atoms with Crippen LogP contribution in [0.1, 0.15) is 235 Å². The zero-order valence-corrected chi connectivity index (χ0v) is 31.6. The molecule has 1 rings (SSSR count). The van der Waals surface area contributed by atoms with Crippen molar-refractivity contribution >= 4 is 23.9 Å². The van der Waals surface area contributed by atoms with Gasteiger partial charge in [0.05, 0.1) is 36.3 Å². The molecule has 0 fully saturated rings. The molecule has 286 valence electrons. The molecule has 0 bridgehead atoms. The van der Waals surface area contributed by atoms with E-state index in [2.05, 4.69) is 13.8 Å². The molecule has 0 aliphatic rings. The molecule has 0 atom stereocenters. The molecule has 8 heteroatoms. The quantitative estimate of drug-likeness (QED) is 0.0513. The van der Waals surface area contributed by atoms with Crippen LogP contribution in [0.4, 0.5) is 0 Å². The number of carbonyl (C=O) groups excluding carboxylic acids is 4. The zero-order valence-electron chi connectivity index (χ0n) is 31.6. The summed E-state index contributed by atoms with van der Waals surface area (Å²) in [6, 6.07) is 1.63. The molecule has 0 saturated carbocycles. The Morgan fingerprint density at radius 1 is 0.380 bits per heavy atom. The maximum atomic E-state index is 13.0. The van der Waals surface area contributed by atoms with Crippen LogP contribution in [0.2, 0.25) is 0 Å². The summed E-state index contributed by atoms with van der Waals surface area (Å²) in [5.41, 5.74) is -2.22. The molecule has 1 aromatic carbocycles. The van der Waals surface area contributed by atoms with Crippen molar-refractivity contribution in [2.24, 2.45) is 0 Å². The number of rotatable bonds is 34. The normalized spacial score (nSPS) is 11.1. The Bertz CT molecular complexity index is 983. The fourth-order valence-electron chi connectivity index (χ4n) is 6.35. The number of carboxylic acids is 2. The number of unbranched alkanes of at least 4 members (excludes halogenated alkanes) is 26. The number of ether oxygens (including phenoxy) is 2. The Kier molecular flexibility index (Phi) is 27.9. The molecule has 8 nitrogen and oxygen atoms in total. The van der Waals surface area contributed by atoms with Crippen molar-refractivity contribution in [3.05, 3.63) is 34.4 Å². The van der Waals surface area contributed by atoms with Crippen molar-refractivity contribution in [1.29, 1.82) is 0 Å². The third kappa shape index (κ3) is 22.0. The second-order valence-corrected chi connectivity index (χ2v) is 14.0. The van der Waals surface area contributed by atoms with Crippen molar-refractivity contribution < 1.29 is 38.9 Å². The highest BCUT2D eigenvalue weighted by Gasteiger charge is 2.23. The maximum absolute atomic E-state index is 13.0. The van der Waals surface area contributed by atoms with Crippen LogP contribution in [0.3, 0.4) is 0 Å². The first-order chi connectivity index (χ1) is 24.3. The van der Waals surface area contributed by atoms with E-state index in [4.69, 9.17) is 9.47 Å². The van der Waals surface area contributed by atoms with E-state index in [1.54, 1.807) is 0 Å². The second kappa shape index (κ2) is 30.9. The van der Waals surface area contributed by atoms with Gasteiger partial charge in [-0.1, -0.05) is 181 Å². The molecule has 0 saturated heterocycles. The fraction of sp³-hybridized carbons (Fsp3) is 0.762. The minimum atomic E-state index is -1.80. The molecular formula is C42H68O8-2. The van der Waals surface area contributed by atoms with E-state index < -0.39 is 35.0 Å². The van der Waals surface area contributed by atoms with E-state index >= 15 is 0 Å². The average Bonchev–Trinajstić information content (AvgIpc) is 3.10. The third-order valence-corrected chi connectivity index (χ3v) is 9.50. The monoisotopic (exact) mass is 700 g/mol. The Balaban J connectivity index is 2.41. The summed E-state index contributed by atoms with van der Waals surface area (Å²) in [4.78, 5) is 49.2. The summed E-state index contributed by atoms with van der Waals surface area (Å²) in [6.45, 7) is 4.69. The molecule has 0 N–H and O–H groups in total. The van der Waals surface area contributed by atoms with Crippen LogP contribution < -0.4 is 10.2 Å². The second-order valence-electron chi connectivity index (χ2n) is 14.0. The summed E-state index contributed by atoms with van der Waals surface area (Å²) < 4.78 is 10.7. The highest BCUT2D eigenvalue weighted by molar-refractivity contribution is 6.09. The molecule has 1 aromatic rings. The predicted octanol–water partition coefficient (Wildman–Crippen LogP) is 9.69. The van der Waals surface area contributed by atoms with Crippen molar-refractivity contribution in [3.63, 3.8) is 0 Å². The molecule has 0 aliphatic heterocycles. The van der Waals surface area contributed by atoms with Crippen LogP contribution in [0, 0.1) is 0 Å². The molecule has 0 unspecified atom stereocenters. The number of carbonyl (C=O) groups is 4. The zero-order chi connectivity index (χ0) is 36.7. The van der Waals surface area contributed by atoms with Gasteiger partial charge in [-0.15, -0.1) is 0 Å². The third-order valence-electron chi connectivity index (χ3n) is 9.50. The number of hydrogen-bond donors (Lipinski definition) is 0. The van der Waals surface area contributed by atoms with Gasteiger partial charge in [0.1, 0.15) is 0 Å². The van der Waals surface area contributed by atoms with Gasteiger partial charge in [-0.2, -0.15) is 0 Å². The van der Waals surface area contributed by atoms with Gasteiger partial charge in [-0.05, 0) is 25.0 Å². The lowest BCUT2D eigenvalue weighted by Crippen LogP contribution is -2.31. The van der Waals surface area contributed by atoms with E-state index in [1.165, 1.54) is 128 Å². The number of esters is 2. The van der Waals surface area contributed by atoms with E-state index in [9.17, 15) is 29.4 Å². The van der Waals surface area contributed by atoms with Crippen LogP contribution in [-0.4, -0.2) is 37.1 Å². The van der Waals surface area contributed by atoms with Crippen LogP contribution in [0.5, 0.6) is 0 Å². The predicted molar refractivity (Wildman–Crippen MR) is 196 cm³/mol. The Morgan fingerprint density at radius 3 is 0.820 bits per heavy atom. The smallest absolute Gasteiger partial charge is 0.339 e.